The van der Waals surface area contributed by atoms with Crippen molar-refractivity contribution in [2.45, 2.75) is 10.4 Å². The van der Waals surface area contributed by atoms with E-state index in [4.69, 9.17) is 4.74 Å². The van der Waals surface area contributed by atoms with Crippen LogP contribution in [0.1, 0.15) is 15.9 Å². The van der Waals surface area contributed by atoms with Gasteiger partial charge in [-0.15, -0.1) is 0 Å². The molecular formula is C10H11BrHgO2. The topological polar surface area (TPSA) is 26.3 Å². The number of esters is 1. The predicted molar refractivity (Wildman–Crippen MR) is 54.7 cm³/mol. The van der Waals surface area contributed by atoms with Crippen LogP contribution in [-0.4, -0.2) is 12.6 Å². The second-order valence-electron chi connectivity index (χ2n) is 2.87. The van der Waals surface area contributed by atoms with Gasteiger partial charge in [0.1, 0.15) is 0 Å². The van der Waals surface area contributed by atoms with E-state index >= 15 is 0 Å². The van der Waals surface area contributed by atoms with E-state index < -0.39 is 22.1 Å². The average Bonchev–Trinajstić information content (AvgIpc) is 2.21. The molecule has 0 heterocycles. The molecule has 1 rings (SSSR count). The summed E-state index contributed by atoms with van der Waals surface area (Å²) in [6, 6.07) is 9.85. The van der Waals surface area contributed by atoms with E-state index in [1.54, 1.807) is 0 Å². The van der Waals surface area contributed by atoms with Crippen molar-refractivity contribution in [1.82, 2.24) is 0 Å². The number of carbonyl (C=O) groups excluding carboxylic acids is 1. The Morgan fingerprint density at radius 3 is 2.64 bits per heavy atom. The fraction of sp³-hybridized carbons (Fsp3) is 0.300. The molecule has 0 bridgehead atoms. The monoisotopic (exact) mass is 444 g/mol. The molecular weight excluding hydrogens is 433 g/mol. The molecule has 0 radical (unpaired) electrons. The standard InChI is InChI=1S/C10H11O2.BrH.Hg/c1-2-12-10(11)8-9-6-4-3-5-7-9;;/h3-8H,2H2,1H3;1H;/q;;+1/p-1. The first-order valence-corrected chi connectivity index (χ1v) is 19.7. The van der Waals surface area contributed by atoms with Gasteiger partial charge in [-0.25, -0.2) is 0 Å². The van der Waals surface area contributed by atoms with Gasteiger partial charge in [0.15, 0.2) is 0 Å². The van der Waals surface area contributed by atoms with Crippen molar-refractivity contribution in [3.8, 4) is 0 Å². The number of hydrogen-bond donors (Lipinski definition) is 0. The molecule has 0 saturated carbocycles. The van der Waals surface area contributed by atoms with Gasteiger partial charge in [0.05, 0.1) is 0 Å². The molecule has 2 nitrogen and oxygen atoms in total. The Balaban J connectivity index is 2.77. The first-order chi connectivity index (χ1) is 6.79. The first kappa shape index (κ1) is 12.2. The predicted octanol–water partition coefficient (Wildman–Crippen LogP) is 2.68. The third kappa shape index (κ3) is 3.35. The van der Waals surface area contributed by atoms with Gasteiger partial charge >= 0.3 is 102 Å². The molecule has 0 fully saturated rings. The van der Waals surface area contributed by atoms with Gasteiger partial charge in [-0.1, -0.05) is 0 Å². The van der Waals surface area contributed by atoms with E-state index in [9.17, 15) is 4.79 Å². The van der Waals surface area contributed by atoms with Crippen LogP contribution < -0.4 is 0 Å². The van der Waals surface area contributed by atoms with Gasteiger partial charge in [0.2, 0.25) is 0 Å². The summed E-state index contributed by atoms with van der Waals surface area (Å²) in [5, 5.41) is 0. The van der Waals surface area contributed by atoms with E-state index in [-0.39, 0.29) is 9.40 Å². The molecule has 0 aliphatic carbocycles. The zero-order chi connectivity index (χ0) is 10.4. The summed E-state index contributed by atoms with van der Waals surface area (Å²) in [6.45, 7) is 2.30. The van der Waals surface area contributed by atoms with E-state index in [1.165, 1.54) is 0 Å². The summed E-state index contributed by atoms with van der Waals surface area (Å²) < 4.78 is 5.06. The molecule has 1 unspecified atom stereocenters. The van der Waals surface area contributed by atoms with Crippen LogP contribution in [0.15, 0.2) is 30.3 Å². The number of hydrogen-bond acceptors (Lipinski definition) is 2. The van der Waals surface area contributed by atoms with Gasteiger partial charge in [0, 0.05) is 0 Å². The quantitative estimate of drug-likeness (QED) is 0.528. The van der Waals surface area contributed by atoms with E-state index in [0.29, 0.717) is 6.61 Å². The van der Waals surface area contributed by atoms with E-state index in [0.717, 1.165) is 5.56 Å². The second kappa shape index (κ2) is 6.56. The SMILES string of the molecule is CCOC(=O)[CH]([Hg][Br])c1ccccc1. The number of halogens is 1. The van der Waals surface area contributed by atoms with Gasteiger partial charge in [-0.2, -0.15) is 0 Å². The molecule has 72 valence electrons. The van der Waals surface area contributed by atoms with Crippen LogP contribution in [0, 0.1) is 0 Å². The molecule has 0 N–H and O–H groups in total. The van der Waals surface area contributed by atoms with Crippen molar-refractivity contribution < 1.29 is 31.7 Å². The van der Waals surface area contributed by atoms with Crippen LogP contribution in [0.5, 0.6) is 0 Å². The fourth-order valence-corrected chi connectivity index (χ4v) is 9.51. The summed E-state index contributed by atoms with van der Waals surface area (Å²) in [5.74, 6) is -0.0720. The Kier molecular flexibility index (Phi) is 5.71. The molecule has 0 aromatic heterocycles. The Bertz CT molecular complexity index is 289. The van der Waals surface area contributed by atoms with E-state index in [1.807, 2.05) is 37.3 Å². The summed E-state index contributed by atoms with van der Waals surface area (Å²) >= 11 is 2.23. The van der Waals surface area contributed by atoms with Crippen LogP contribution >= 0.6 is 11.9 Å². The summed E-state index contributed by atoms with van der Waals surface area (Å²) in [4.78, 5) is 11.6. The maximum atomic E-state index is 11.6. The van der Waals surface area contributed by atoms with Crippen molar-refractivity contribution in [2.75, 3.05) is 6.61 Å². The van der Waals surface area contributed by atoms with Crippen LogP contribution in [0.2, 0.25) is 0 Å². The summed E-state index contributed by atoms with van der Waals surface area (Å²) in [5.41, 5.74) is 1.09. The van der Waals surface area contributed by atoms with Crippen LogP contribution in [0.25, 0.3) is 0 Å². The van der Waals surface area contributed by atoms with Crippen molar-refractivity contribution in [3.05, 3.63) is 35.9 Å². The van der Waals surface area contributed by atoms with Crippen LogP contribution in [-0.2, 0) is 31.7 Å². The van der Waals surface area contributed by atoms with Gasteiger partial charge < -0.3 is 0 Å². The number of rotatable bonds is 4. The molecule has 0 aliphatic rings. The fourth-order valence-electron chi connectivity index (χ4n) is 1.22. The number of benzene rings is 1. The van der Waals surface area contributed by atoms with Gasteiger partial charge in [0.25, 0.3) is 0 Å². The Hall–Kier alpha value is 0.105. The first-order valence-electron chi connectivity index (χ1n) is 4.57. The summed E-state index contributed by atoms with van der Waals surface area (Å²) in [7, 11) is 0. The minimum atomic E-state index is -1.32. The normalized spacial score (nSPS) is 11.6. The molecule has 0 amide bonds. The molecule has 1 atom stereocenters. The summed E-state index contributed by atoms with van der Waals surface area (Å²) in [6.07, 6.45) is 0. The molecule has 1 aromatic carbocycles. The third-order valence-corrected chi connectivity index (χ3v) is 11.9. The van der Waals surface area contributed by atoms with Crippen LogP contribution in [0.4, 0.5) is 0 Å². The van der Waals surface area contributed by atoms with Gasteiger partial charge in [-0.05, 0) is 0 Å². The molecule has 0 spiro atoms. The van der Waals surface area contributed by atoms with Crippen molar-refractivity contribution in [1.29, 1.82) is 0 Å². The Labute approximate surface area is 102 Å². The molecule has 0 saturated heterocycles. The van der Waals surface area contributed by atoms with Crippen LogP contribution in [0.3, 0.4) is 0 Å². The van der Waals surface area contributed by atoms with E-state index in [2.05, 4.69) is 11.9 Å². The number of carbonyl (C=O) groups is 1. The van der Waals surface area contributed by atoms with Gasteiger partial charge in [-0.3, -0.25) is 0 Å². The zero-order valence-electron chi connectivity index (χ0n) is 8.07. The Morgan fingerprint density at radius 1 is 1.50 bits per heavy atom. The second-order valence-corrected chi connectivity index (χ2v) is 12.9. The molecule has 0 aliphatic heterocycles. The molecule has 1 aromatic rings. The minimum absolute atomic E-state index is 0.0242. The molecule has 14 heavy (non-hydrogen) atoms. The average molecular weight is 444 g/mol. The Morgan fingerprint density at radius 2 is 2.14 bits per heavy atom. The zero-order valence-corrected chi connectivity index (χ0v) is 15.2. The van der Waals surface area contributed by atoms with Crippen molar-refractivity contribution in [2.24, 2.45) is 0 Å². The van der Waals surface area contributed by atoms with Crippen molar-refractivity contribution >= 4 is 17.9 Å². The van der Waals surface area contributed by atoms with Crippen molar-refractivity contribution in [3.63, 3.8) is 0 Å². The number of ether oxygens (including phenoxy) is 1. The molecule has 4 heteroatoms. The third-order valence-electron chi connectivity index (χ3n) is 1.93. The maximum absolute atomic E-state index is 11.6.